The standard InChI is InChI=1S/C19H27NO3/c1-3-14-6-4-5-7-16(14)20-19(21)13(2)15-8-9-17-18(12-15)23-11-10-22-17/h8-9,12-14,16H,3-7,10-11H2,1-2H3,(H,20,21). The van der Waals surface area contributed by atoms with Crippen LogP contribution in [0, 0.1) is 5.92 Å². The minimum Gasteiger partial charge on any atom is -0.486 e. The highest BCUT2D eigenvalue weighted by Crippen LogP contribution is 2.33. The van der Waals surface area contributed by atoms with Crippen LogP contribution >= 0.6 is 0 Å². The molecular weight excluding hydrogens is 290 g/mol. The third kappa shape index (κ3) is 3.62. The van der Waals surface area contributed by atoms with Crippen LogP contribution in [-0.4, -0.2) is 25.2 Å². The Labute approximate surface area is 138 Å². The lowest BCUT2D eigenvalue weighted by Gasteiger charge is -2.32. The van der Waals surface area contributed by atoms with Gasteiger partial charge in [-0.05, 0) is 43.4 Å². The van der Waals surface area contributed by atoms with Gasteiger partial charge < -0.3 is 14.8 Å². The molecule has 3 rings (SSSR count). The van der Waals surface area contributed by atoms with Gasteiger partial charge in [0.25, 0.3) is 0 Å². The van der Waals surface area contributed by atoms with Gasteiger partial charge in [0, 0.05) is 6.04 Å². The van der Waals surface area contributed by atoms with Crippen molar-refractivity contribution >= 4 is 5.91 Å². The number of ether oxygens (including phenoxy) is 2. The average Bonchev–Trinajstić information content (AvgIpc) is 2.61. The number of fused-ring (bicyclic) bond motifs is 1. The van der Waals surface area contributed by atoms with E-state index in [-0.39, 0.29) is 11.8 Å². The van der Waals surface area contributed by atoms with E-state index in [0.717, 1.165) is 29.9 Å². The zero-order chi connectivity index (χ0) is 16.2. The summed E-state index contributed by atoms with van der Waals surface area (Å²) in [6.07, 6.45) is 6.00. The summed E-state index contributed by atoms with van der Waals surface area (Å²) in [5, 5.41) is 3.29. The molecular formula is C19H27NO3. The van der Waals surface area contributed by atoms with Gasteiger partial charge in [0.15, 0.2) is 11.5 Å². The molecule has 1 aliphatic heterocycles. The molecule has 4 heteroatoms. The van der Waals surface area contributed by atoms with Gasteiger partial charge in [0.1, 0.15) is 13.2 Å². The predicted octanol–water partition coefficient (Wildman–Crippen LogP) is 3.65. The van der Waals surface area contributed by atoms with E-state index < -0.39 is 0 Å². The van der Waals surface area contributed by atoms with E-state index >= 15 is 0 Å². The molecule has 1 N–H and O–H groups in total. The summed E-state index contributed by atoms with van der Waals surface area (Å²) in [6, 6.07) is 6.15. The lowest BCUT2D eigenvalue weighted by molar-refractivity contribution is -0.123. The molecule has 3 atom stereocenters. The van der Waals surface area contributed by atoms with Crippen LogP contribution in [0.1, 0.15) is 57.4 Å². The Balaban J connectivity index is 1.67. The summed E-state index contributed by atoms with van der Waals surface area (Å²) in [5.74, 6) is 2.08. The molecule has 1 aliphatic carbocycles. The minimum absolute atomic E-state index is 0.118. The average molecular weight is 317 g/mol. The first-order valence-electron chi connectivity index (χ1n) is 8.89. The van der Waals surface area contributed by atoms with Crippen molar-refractivity contribution in [3.63, 3.8) is 0 Å². The largest absolute Gasteiger partial charge is 0.486 e. The van der Waals surface area contributed by atoms with Crippen molar-refractivity contribution in [2.75, 3.05) is 13.2 Å². The van der Waals surface area contributed by atoms with Crippen LogP contribution in [0.3, 0.4) is 0 Å². The predicted molar refractivity (Wildman–Crippen MR) is 90.0 cm³/mol. The van der Waals surface area contributed by atoms with E-state index in [9.17, 15) is 4.79 Å². The molecule has 0 bridgehead atoms. The highest BCUT2D eigenvalue weighted by atomic mass is 16.6. The first-order valence-corrected chi connectivity index (χ1v) is 8.89. The molecule has 0 spiro atoms. The second kappa shape index (κ2) is 7.24. The number of nitrogens with one attached hydrogen (secondary N) is 1. The van der Waals surface area contributed by atoms with Crippen LogP contribution in [0.25, 0.3) is 0 Å². The molecule has 126 valence electrons. The number of rotatable bonds is 4. The number of hydrogen-bond donors (Lipinski definition) is 1. The van der Waals surface area contributed by atoms with Crippen molar-refractivity contribution in [1.82, 2.24) is 5.32 Å². The van der Waals surface area contributed by atoms with E-state index in [4.69, 9.17) is 9.47 Å². The van der Waals surface area contributed by atoms with E-state index in [1.807, 2.05) is 25.1 Å². The van der Waals surface area contributed by atoms with Crippen LogP contribution < -0.4 is 14.8 Å². The Morgan fingerprint density at radius 3 is 2.74 bits per heavy atom. The fraction of sp³-hybridized carbons (Fsp3) is 0.632. The van der Waals surface area contributed by atoms with Crippen LogP contribution in [0.5, 0.6) is 11.5 Å². The van der Waals surface area contributed by atoms with Crippen molar-refractivity contribution in [1.29, 1.82) is 0 Å². The van der Waals surface area contributed by atoms with Crippen molar-refractivity contribution in [2.24, 2.45) is 5.92 Å². The fourth-order valence-electron chi connectivity index (χ4n) is 3.67. The van der Waals surface area contributed by atoms with E-state index in [1.54, 1.807) is 0 Å². The van der Waals surface area contributed by atoms with E-state index in [2.05, 4.69) is 12.2 Å². The number of benzene rings is 1. The summed E-state index contributed by atoms with van der Waals surface area (Å²) >= 11 is 0. The van der Waals surface area contributed by atoms with Gasteiger partial charge in [0.2, 0.25) is 5.91 Å². The van der Waals surface area contributed by atoms with Crippen molar-refractivity contribution < 1.29 is 14.3 Å². The maximum atomic E-state index is 12.7. The Bertz CT molecular complexity index is 558. The van der Waals surface area contributed by atoms with Crippen molar-refractivity contribution in [3.05, 3.63) is 23.8 Å². The van der Waals surface area contributed by atoms with Crippen LogP contribution in [0.15, 0.2) is 18.2 Å². The monoisotopic (exact) mass is 317 g/mol. The zero-order valence-corrected chi connectivity index (χ0v) is 14.1. The molecule has 0 saturated heterocycles. The summed E-state index contributed by atoms with van der Waals surface area (Å²) in [4.78, 5) is 12.7. The molecule has 1 aromatic carbocycles. The summed E-state index contributed by atoms with van der Waals surface area (Å²) in [7, 11) is 0. The molecule has 1 amide bonds. The third-order valence-electron chi connectivity index (χ3n) is 5.22. The first-order chi connectivity index (χ1) is 11.2. The van der Waals surface area contributed by atoms with E-state index in [0.29, 0.717) is 25.2 Å². The van der Waals surface area contributed by atoms with Gasteiger partial charge in [-0.2, -0.15) is 0 Å². The lowest BCUT2D eigenvalue weighted by atomic mass is 9.82. The van der Waals surface area contributed by atoms with Gasteiger partial charge in [-0.25, -0.2) is 0 Å². The summed E-state index contributed by atoms with van der Waals surface area (Å²) in [5.41, 5.74) is 0.982. The second-order valence-electron chi connectivity index (χ2n) is 6.69. The Morgan fingerprint density at radius 1 is 1.22 bits per heavy atom. The number of carbonyl (C=O) groups excluding carboxylic acids is 1. The lowest BCUT2D eigenvalue weighted by Crippen LogP contribution is -2.43. The molecule has 4 nitrogen and oxygen atoms in total. The maximum absolute atomic E-state index is 12.7. The Kier molecular flexibility index (Phi) is 5.09. The molecule has 1 aromatic rings. The number of amides is 1. The molecule has 0 radical (unpaired) electrons. The maximum Gasteiger partial charge on any atom is 0.227 e. The highest BCUT2D eigenvalue weighted by molar-refractivity contribution is 5.83. The van der Waals surface area contributed by atoms with Crippen molar-refractivity contribution in [2.45, 2.75) is 57.9 Å². The number of carbonyl (C=O) groups is 1. The summed E-state index contributed by atoms with van der Waals surface area (Å²) < 4.78 is 11.2. The van der Waals surface area contributed by atoms with Gasteiger partial charge in [-0.15, -0.1) is 0 Å². The topological polar surface area (TPSA) is 47.6 Å². The number of hydrogen-bond acceptors (Lipinski definition) is 3. The Morgan fingerprint density at radius 2 is 1.96 bits per heavy atom. The normalized spacial score (nSPS) is 24.8. The smallest absolute Gasteiger partial charge is 0.227 e. The molecule has 1 saturated carbocycles. The third-order valence-corrected chi connectivity index (χ3v) is 5.22. The zero-order valence-electron chi connectivity index (χ0n) is 14.1. The quantitative estimate of drug-likeness (QED) is 0.922. The molecule has 23 heavy (non-hydrogen) atoms. The molecule has 2 aliphatic rings. The van der Waals surface area contributed by atoms with Gasteiger partial charge in [0.05, 0.1) is 5.92 Å². The van der Waals surface area contributed by atoms with E-state index in [1.165, 1.54) is 19.3 Å². The van der Waals surface area contributed by atoms with Gasteiger partial charge in [-0.3, -0.25) is 4.79 Å². The van der Waals surface area contributed by atoms with Crippen molar-refractivity contribution in [3.8, 4) is 11.5 Å². The fourth-order valence-corrected chi connectivity index (χ4v) is 3.67. The van der Waals surface area contributed by atoms with Gasteiger partial charge >= 0.3 is 0 Å². The molecule has 3 unspecified atom stereocenters. The van der Waals surface area contributed by atoms with Gasteiger partial charge in [-0.1, -0.05) is 32.3 Å². The minimum atomic E-state index is -0.176. The SMILES string of the molecule is CCC1CCCCC1NC(=O)C(C)c1ccc2c(c1)OCCO2. The molecule has 1 heterocycles. The second-order valence-corrected chi connectivity index (χ2v) is 6.69. The highest BCUT2D eigenvalue weighted by Gasteiger charge is 2.27. The molecule has 0 aromatic heterocycles. The first kappa shape index (κ1) is 16.2. The molecule has 1 fully saturated rings. The van der Waals surface area contributed by atoms with Crippen LogP contribution in [0.2, 0.25) is 0 Å². The van der Waals surface area contributed by atoms with Crippen LogP contribution in [-0.2, 0) is 4.79 Å². The Hall–Kier alpha value is -1.71. The summed E-state index contributed by atoms with van der Waals surface area (Å²) in [6.45, 7) is 5.34. The van der Waals surface area contributed by atoms with Crippen LogP contribution in [0.4, 0.5) is 0 Å².